The number of nitrogens with one attached hydrogen (secondary N) is 2. The minimum atomic E-state index is -4.60. The van der Waals surface area contributed by atoms with Crippen LogP contribution >= 0.6 is 0 Å². The van der Waals surface area contributed by atoms with E-state index in [1.165, 1.54) is 19.3 Å². The fraction of sp³-hybridized carbons (Fsp3) is 0.478. The van der Waals surface area contributed by atoms with Gasteiger partial charge in [-0.25, -0.2) is 8.78 Å². The van der Waals surface area contributed by atoms with Crippen molar-refractivity contribution < 1.29 is 26.7 Å². The fourth-order valence-corrected chi connectivity index (χ4v) is 4.81. The van der Waals surface area contributed by atoms with Gasteiger partial charge in [0.1, 0.15) is 17.7 Å². The van der Waals surface area contributed by atoms with Crippen LogP contribution in [0.15, 0.2) is 30.6 Å². The van der Waals surface area contributed by atoms with Crippen LogP contribution in [0, 0.1) is 11.6 Å². The molecule has 2 aliphatic rings. The quantitative estimate of drug-likeness (QED) is 0.638. The largest absolute Gasteiger partial charge is 0.408 e. The lowest BCUT2D eigenvalue weighted by atomic mass is 9.96. The normalized spacial score (nSPS) is 21.6. The number of benzene rings is 1. The third kappa shape index (κ3) is 4.80. The van der Waals surface area contributed by atoms with Crippen molar-refractivity contribution in [3.8, 4) is 11.1 Å². The standard InChI is InChI=1S/C23H25F5N4O/c1-2-19(23(26,27)28)31-21(33)18-12-29-11-17(14-8-15(24)10-16(25)9-14)20(18)32-7-5-22(13-32)4-3-6-30-22/h8-12,19,30H,2-7,13H2,1H3,(H,31,33)/t19-,22?/m1/s1. The summed E-state index contributed by atoms with van der Waals surface area (Å²) < 4.78 is 67.9. The van der Waals surface area contributed by atoms with Crippen LogP contribution < -0.4 is 15.5 Å². The van der Waals surface area contributed by atoms with Crippen LogP contribution in [-0.2, 0) is 0 Å². The van der Waals surface area contributed by atoms with Gasteiger partial charge in [-0.1, -0.05) is 6.92 Å². The van der Waals surface area contributed by atoms with Crippen LogP contribution in [0.1, 0.15) is 43.0 Å². The summed E-state index contributed by atoms with van der Waals surface area (Å²) in [5.41, 5.74) is 0.563. The van der Waals surface area contributed by atoms with Gasteiger partial charge in [0.15, 0.2) is 0 Å². The average Bonchev–Trinajstić information content (AvgIpc) is 3.39. The summed E-state index contributed by atoms with van der Waals surface area (Å²) in [5, 5.41) is 5.55. The molecule has 2 aliphatic heterocycles. The molecule has 1 aromatic heterocycles. The molecular weight excluding hydrogens is 443 g/mol. The highest BCUT2D eigenvalue weighted by molar-refractivity contribution is 6.03. The molecule has 0 radical (unpaired) electrons. The number of hydrogen-bond donors (Lipinski definition) is 2. The first kappa shape index (κ1) is 23.4. The molecular formula is C23H25F5N4O. The van der Waals surface area contributed by atoms with Crippen LogP contribution in [-0.4, -0.2) is 48.3 Å². The molecule has 2 fully saturated rings. The Morgan fingerprint density at radius 2 is 1.94 bits per heavy atom. The molecule has 1 aromatic carbocycles. The number of hydrogen-bond acceptors (Lipinski definition) is 4. The van der Waals surface area contributed by atoms with E-state index < -0.39 is 29.8 Å². The van der Waals surface area contributed by atoms with Gasteiger partial charge < -0.3 is 15.5 Å². The SMILES string of the molecule is CC[C@@H](NC(=O)c1cncc(-c2cc(F)cc(F)c2)c1N1CCC2(CCCN2)C1)C(F)(F)F. The monoisotopic (exact) mass is 468 g/mol. The lowest BCUT2D eigenvalue weighted by molar-refractivity contribution is -0.153. The highest BCUT2D eigenvalue weighted by Gasteiger charge is 2.43. The number of carbonyl (C=O) groups is 1. The van der Waals surface area contributed by atoms with Gasteiger partial charge in [-0.2, -0.15) is 13.2 Å². The van der Waals surface area contributed by atoms with Crippen molar-refractivity contribution in [3.05, 3.63) is 47.8 Å². The smallest absolute Gasteiger partial charge is 0.368 e. The van der Waals surface area contributed by atoms with Crippen molar-refractivity contribution in [1.29, 1.82) is 0 Å². The van der Waals surface area contributed by atoms with Crippen molar-refractivity contribution in [2.75, 3.05) is 24.5 Å². The third-order valence-electron chi connectivity index (χ3n) is 6.45. The molecule has 1 amide bonds. The molecule has 4 rings (SSSR count). The summed E-state index contributed by atoms with van der Waals surface area (Å²) >= 11 is 0. The zero-order chi connectivity index (χ0) is 23.8. The van der Waals surface area contributed by atoms with Crippen LogP contribution in [0.3, 0.4) is 0 Å². The van der Waals surface area contributed by atoms with Gasteiger partial charge in [0.25, 0.3) is 5.91 Å². The van der Waals surface area contributed by atoms with E-state index in [2.05, 4.69) is 15.6 Å². The zero-order valence-corrected chi connectivity index (χ0v) is 18.1. The number of aromatic nitrogens is 1. The van der Waals surface area contributed by atoms with Crippen molar-refractivity contribution in [1.82, 2.24) is 15.6 Å². The number of halogens is 5. The first-order chi connectivity index (χ1) is 15.6. The van der Waals surface area contributed by atoms with E-state index in [-0.39, 0.29) is 28.7 Å². The molecule has 1 spiro atoms. The molecule has 33 heavy (non-hydrogen) atoms. The van der Waals surface area contributed by atoms with Crippen LogP contribution in [0.25, 0.3) is 11.1 Å². The maximum absolute atomic E-state index is 14.0. The molecule has 1 unspecified atom stereocenters. The predicted octanol–water partition coefficient (Wildman–Crippen LogP) is 4.43. The average molecular weight is 468 g/mol. The highest BCUT2D eigenvalue weighted by atomic mass is 19.4. The van der Waals surface area contributed by atoms with Gasteiger partial charge in [-0.05, 0) is 49.9 Å². The Bertz CT molecular complexity index is 1020. The minimum absolute atomic E-state index is 0.0603. The number of nitrogens with zero attached hydrogens (tertiary/aromatic N) is 2. The Hall–Kier alpha value is -2.75. The number of amides is 1. The molecule has 5 nitrogen and oxygen atoms in total. The van der Waals surface area contributed by atoms with E-state index in [0.717, 1.165) is 44.0 Å². The molecule has 0 bridgehead atoms. The molecule has 2 atom stereocenters. The molecule has 0 aliphatic carbocycles. The summed E-state index contributed by atoms with van der Waals surface area (Å²) in [4.78, 5) is 19.0. The lowest BCUT2D eigenvalue weighted by Crippen LogP contribution is -2.45. The van der Waals surface area contributed by atoms with Gasteiger partial charge in [0, 0.05) is 42.7 Å². The number of alkyl halides is 3. The molecule has 10 heteroatoms. The Balaban J connectivity index is 1.79. The van der Waals surface area contributed by atoms with Crippen molar-refractivity contribution in [2.45, 2.75) is 50.4 Å². The van der Waals surface area contributed by atoms with Crippen molar-refractivity contribution in [3.63, 3.8) is 0 Å². The van der Waals surface area contributed by atoms with Gasteiger partial charge in [0.05, 0.1) is 11.3 Å². The summed E-state index contributed by atoms with van der Waals surface area (Å²) in [6.45, 7) is 3.26. The summed E-state index contributed by atoms with van der Waals surface area (Å²) in [6.07, 6.45) is 0.382. The van der Waals surface area contributed by atoms with Crippen LogP contribution in [0.2, 0.25) is 0 Å². The van der Waals surface area contributed by atoms with Gasteiger partial charge >= 0.3 is 6.18 Å². The Morgan fingerprint density at radius 3 is 2.55 bits per heavy atom. The number of carbonyl (C=O) groups excluding carboxylic acids is 1. The Morgan fingerprint density at radius 1 is 1.21 bits per heavy atom. The van der Waals surface area contributed by atoms with E-state index in [9.17, 15) is 26.7 Å². The first-order valence-electron chi connectivity index (χ1n) is 10.9. The van der Waals surface area contributed by atoms with Gasteiger partial charge in [-0.3, -0.25) is 9.78 Å². The van der Waals surface area contributed by atoms with Gasteiger partial charge in [0.2, 0.25) is 0 Å². The van der Waals surface area contributed by atoms with Gasteiger partial charge in [-0.15, -0.1) is 0 Å². The Kier molecular flexibility index (Phi) is 6.30. The highest BCUT2D eigenvalue weighted by Crippen LogP contribution is 2.40. The number of rotatable bonds is 5. The van der Waals surface area contributed by atoms with E-state index >= 15 is 0 Å². The topological polar surface area (TPSA) is 57.3 Å². The van der Waals surface area contributed by atoms with E-state index in [4.69, 9.17) is 0 Å². The van der Waals surface area contributed by atoms with Crippen molar-refractivity contribution in [2.24, 2.45) is 0 Å². The molecule has 2 saturated heterocycles. The second-order valence-corrected chi connectivity index (χ2v) is 8.70. The predicted molar refractivity (Wildman–Crippen MR) is 114 cm³/mol. The number of anilines is 1. The maximum atomic E-state index is 14.0. The zero-order valence-electron chi connectivity index (χ0n) is 18.1. The molecule has 178 valence electrons. The number of pyridine rings is 1. The summed E-state index contributed by atoms with van der Waals surface area (Å²) in [7, 11) is 0. The Labute approximate surface area is 188 Å². The third-order valence-corrected chi connectivity index (χ3v) is 6.45. The minimum Gasteiger partial charge on any atom is -0.368 e. The lowest BCUT2D eigenvalue weighted by Gasteiger charge is -2.29. The van der Waals surface area contributed by atoms with E-state index in [1.807, 2.05) is 4.90 Å². The summed E-state index contributed by atoms with van der Waals surface area (Å²) in [6, 6.07) is 0.954. The molecule has 2 aromatic rings. The second-order valence-electron chi connectivity index (χ2n) is 8.70. The van der Waals surface area contributed by atoms with Crippen LogP contribution in [0.5, 0.6) is 0 Å². The maximum Gasteiger partial charge on any atom is 0.408 e. The first-order valence-corrected chi connectivity index (χ1v) is 10.9. The van der Waals surface area contributed by atoms with E-state index in [0.29, 0.717) is 18.8 Å². The van der Waals surface area contributed by atoms with E-state index in [1.54, 1.807) is 0 Å². The fourth-order valence-electron chi connectivity index (χ4n) is 4.81. The summed E-state index contributed by atoms with van der Waals surface area (Å²) in [5.74, 6) is -2.53. The van der Waals surface area contributed by atoms with Crippen molar-refractivity contribution >= 4 is 11.6 Å². The second kappa shape index (κ2) is 8.89. The molecule has 2 N–H and O–H groups in total. The molecule has 3 heterocycles. The van der Waals surface area contributed by atoms with Crippen LogP contribution in [0.4, 0.5) is 27.6 Å². The molecule has 0 saturated carbocycles.